The Hall–Kier alpha value is -1.95. The van der Waals surface area contributed by atoms with E-state index in [1.807, 2.05) is 18.2 Å². The zero-order valence-corrected chi connectivity index (χ0v) is 14.3. The molecule has 0 radical (unpaired) electrons. The van der Waals surface area contributed by atoms with Crippen LogP contribution in [0.4, 0.5) is 5.69 Å². The van der Waals surface area contributed by atoms with Gasteiger partial charge < -0.3 is 15.0 Å². The molecule has 5 nitrogen and oxygen atoms in total. The van der Waals surface area contributed by atoms with Crippen molar-refractivity contribution >= 4 is 11.9 Å². The number of likely N-dealkylation sites (N-methyl/N-ethyl adjacent to an activating group) is 1. The van der Waals surface area contributed by atoms with Crippen LogP contribution in [-0.2, 0) is 4.74 Å². The number of hydrogen-bond acceptors (Lipinski definition) is 5. The van der Waals surface area contributed by atoms with Crippen molar-refractivity contribution in [2.24, 2.45) is 4.99 Å². The van der Waals surface area contributed by atoms with Crippen LogP contribution in [0.3, 0.4) is 0 Å². The molecule has 0 spiro atoms. The number of anilines is 1. The van der Waals surface area contributed by atoms with E-state index in [4.69, 9.17) is 4.74 Å². The second kappa shape index (κ2) is 11.6. The molecule has 0 aromatic heterocycles. The highest BCUT2D eigenvalue weighted by atomic mass is 16.5. The number of rotatable bonds is 11. The molecule has 0 aliphatic carbocycles. The highest BCUT2D eigenvalue weighted by Crippen LogP contribution is 2.23. The van der Waals surface area contributed by atoms with Gasteiger partial charge in [-0.3, -0.25) is 10.3 Å². The molecule has 0 heterocycles. The molecule has 23 heavy (non-hydrogen) atoms. The van der Waals surface area contributed by atoms with Gasteiger partial charge in [-0.15, -0.1) is 0 Å². The van der Waals surface area contributed by atoms with Crippen molar-refractivity contribution in [3.05, 3.63) is 54.8 Å². The Morgan fingerprint density at radius 1 is 1.35 bits per heavy atom. The van der Waals surface area contributed by atoms with Gasteiger partial charge in [0, 0.05) is 50.4 Å². The minimum atomic E-state index is -0.138. The second-order valence-corrected chi connectivity index (χ2v) is 5.26. The van der Waals surface area contributed by atoms with E-state index >= 15 is 0 Å². The van der Waals surface area contributed by atoms with Crippen LogP contribution in [0.1, 0.15) is 11.8 Å². The maximum absolute atomic E-state index is 5.60. The predicted molar refractivity (Wildman–Crippen MR) is 99.1 cm³/mol. The number of methoxy groups -OCH3 is 1. The first-order valence-corrected chi connectivity index (χ1v) is 7.72. The Kier molecular flexibility index (Phi) is 9.63. The summed E-state index contributed by atoms with van der Waals surface area (Å²) >= 11 is 0. The van der Waals surface area contributed by atoms with E-state index in [1.54, 1.807) is 25.6 Å². The summed E-state index contributed by atoms with van der Waals surface area (Å²) in [6.45, 7) is 6.09. The van der Waals surface area contributed by atoms with Crippen LogP contribution in [0.2, 0.25) is 0 Å². The normalized spacial score (nSPS) is 13.0. The summed E-state index contributed by atoms with van der Waals surface area (Å²) in [4.78, 5) is 6.18. The van der Waals surface area contributed by atoms with E-state index in [9.17, 15) is 0 Å². The van der Waals surface area contributed by atoms with E-state index in [2.05, 4.69) is 53.3 Å². The summed E-state index contributed by atoms with van der Waals surface area (Å²) in [5, 5.41) is 6.81. The van der Waals surface area contributed by atoms with Crippen LogP contribution >= 0.6 is 0 Å². The fraction of sp³-hybridized carbons (Fsp3) is 0.389. The molecular weight excluding hydrogens is 288 g/mol. The molecular formula is C18H28N4O. The van der Waals surface area contributed by atoms with E-state index in [-0.39, 0.29) is 6.23 Å². The molecule has 1 unspecified atom stereocenters. The number of nitrogens with zero attached hydrogens (tertiary/aromatic N) is 2. The van der Waals surface area contributed by atoms with E-state index < -0.39 is 0 Å². The summed E-state index contributed by atoms with van der Waals surface area (Å²) < 4.78 is 5.60. The van der Waals surface area contributed by atoms with Gasteiger partial charge in [-0.05, 0) is 26.2 Å². The Labute approximate surface area is 139 Å². The van der Waals surface area contributed by atoms with E-state index in [0.717, 1.165) is 24.3 Å². The quantitative estimate of drug-likeness (QED) is 0.487. The van der Waals surface area contributed by atoms with Gasteiger partial charge in [0.25, 0.3) is 0 Å². The molecule has 0 saturated carbocycles. The fourth-order valence-corrected chi connectivity index (χ4v) is 2.02. The second-order valence-electron chi connectivity index (χ2n) is 5.26. The SMILES string of the molecule is C=CC=N/C=C\CNc1ccccc1C(NCCN(C)C)OC. The number of ether oxygens (including phenoxy) is 1. The highest BCUT2D eigenvalue weighted by molar-refractivity contribution is 5.70. The average Bonchev–Trinajstić information content (AvgIpc) is 2.55. The van der Waals surface area contributed by atoms with Crippen LogP contribution in [0.5, 0.6) is 0 Å². The Bertz CT molecular complexity index is 511. The zero-order chi connectivity index (χ0) is 16.9. The van der Waals surface area contributed by atoms with Crippen molar-refractivity contribution in [3.63, 3.8) is 0 Å². The van der Waals surface area contributed by atoms with Gasteiger partial charge in [-0.2, -0.15) is 0 Å². The van der Waals surface area contributed by atoms with Crippen LogP contribution in [0.15, 0.2) is 54.2 Å². The molecule has 126 valence electrons. The zero-order valence-electron chi connectivity index (χ0n) is 14.3. The van der Waals surface area contributed by atoms with Crippen molar-refractivity contribution in [1.29, 1.82) is 0 Å². The van der Waals surface area contributed by atoms with Crippen LogP contribution in [0.25, 0.3) is 0 Å². The van der Waals surface area contributed by atoms with Crippen molar-refractivity contribution in [2.75, 3.05) is 46.2 Å². The average molecular weight is 316 g/mol. The van der Waals surface area contributed by atoms with Crippen molar-refractivity contribution in [2.45, 2.75) is 6.23 Å². The van der Waals surface area contributed by atoms with Crippen LogP contribution < -0.4 is 10.6 Å². The Morgan fingerprint density at radius 2 is 2.13 bits per heavy atom. The first kappa shape index (κ1) is 19.1. The Morgan fingerprint density at radius 3 is 2.83 bits per heavy atom. The lowest BCUT2D eigenvalue weighted by atomic mass is 10.1. The number of nitrogens with one attached hydrogen (secondary N) is 2. The third-order valence-corrected chi connectivity index (χ3v) is 3.16. The molecule has 1 rings (SSSR count). The summed E-state index contributed by atoms with van der Waals surface area (Å²) in [7, 11) is 5.83. The number of para-hydroxylation sites is 1. The maximum Gasteiger partial charge on any atom is 0.135 e. The molecule has 0 fully saturated rings. The molecule has 0 aliphatic rings. The highest BCUT2D eigenvalue weighted by Gasteiger charge is 2.13. The molecule has 1 aromatic carbocycles. The minimum absolute atomic E-state index is 0.138. The lowest BCUT2D eigenvalue weighted by Gasteiger charge is -2.22. The number of allylic oxidation sites excluding steroid dienone is 1. The number of benzene rings is 1. The van der Waals surface area contributed by atoms with Gasteiger partial charge in [0.05, 0.1) is 0 Å². The molecule has 1 atom stereocenters. The molecule has 2 N–H and O–H groups in total. The van der Waals surface area contributed by atoms with Crippen molar-refractivity contribution in [3.8, 4) is 0 Å². The largest absolute Gasteiger partial charge is 0.381 e. The maximum atomic E-state index is 5.60. The third-order valence-electron chi connectivity index (χ3n) is 3.16. The van der Waals surface area contributed by atoms with Gasteiger partial charge in [-0.25, -0.2) is 0 Å². The molecule has 0 saturated heterocycles. The smallest absolute Gasteiger partial charge is 0.135 e. The van der Waals surface area contributed by atoms with E-state index in [1.165, 1.54) is 0 Å². The lowest BCUT2D eigenvalue weighted by Crippen LogP contribution is -2.31. The molecule has 5 heteroatoms. The van der Waals surface area contributed by atoms with Crippen LogP contribution in [-0.4, -0.2) is 52.0 Å². The third kappa shape index (κ3) is 7.74. The summed E-state index contributed by atoms with van der Waals surface area (Å²) in [6.07, 6.45) is 6.87. The monoisotopic (exact) mass is 316 g/mol. The van der Waals surface area contributed by atoms with Gasteiger partial charge >= 0.3 is 0 Å². The van der Waals surface area contributed by atoms with Crippen LogP contribution in [0, 0.1) is 0 Å². The minimum Gasteiger partial charge on any atom is -0.381 e. The topological polar surface area (TPSA) is 48.9 Å². The van der Waals surface area contributed by atoms with Gasteiger partial charge in [0.1, 0.15) is 6.23 Å². The standard InChI is InChI=1S/C18H28N4O/c1-5-11-19-12-8-13-20-17-10-7-6-9-16(17)18(23-4)21-14-15-22(2)3/h5-12,18,20-21H,1,13-15H2,2-4H3/b12-8-,19-11?. The van der Waals surface area contributed by atoms with E-state index in [0.29, 0.717) is 6.54 Å². The first-order valence-electron chi connectivity index (χ1n) is 7.72. The fourth-order valence-electron chi connectivity index (χ4n) is 2.02. The molecule has 0 amide bonds. The summed E-state index contributed by atoms with van der Waals surface area (Å²) in [6, 6.07) is 8.15. The molecule has 1 aromatic rings. The number of aliphatic imine (C=N–C) groups is 1. The summed E-state index contributed by atoms with van der Waals surface area (Å²) in [5.74, 6) is 0. The lowest BCUT2D eigenvalue weighted by molar-refractivity contribution is 0.0729. The van der Waals surface area contributed by atoms with Gasteiger partial charge in [0.2, 0.25) is 0 Å². The Balaban J connectivity index is 2.64. The van der Waals surface area contributed by atoms with Crippen molar-refractivity contribution in [1.82, 2.24) is 10.2 Å². The first-order chi connectivity index (χ1) is 11.2. The van der Waals surface area contributed by atoms with Gasteiger partial charge in [0.15, 0.2) is 0 Å². The predicted octanol–water partition coefficient (Wildman–Crippen LogP) is 2.67. The summed E-state index contributed by atoms with van der Waals surface area (Å²) in [5.41, 5.74) is 2.14. The molecule has 0 aliphatic heterocycles. The van der Waals surface area contributed by atoms with Crippen molar-refractivity contribution < 1.29 is 4.74 Å². The van der Waals surface area contributed by atoms with Gasteiger partial charge in [-0.1, -0.05) is 30.9 Å². The number of hydrogen-bond donors (Lipinski definition) is 2. The molecule has 0 bridgehead atoms.